The highest BCUT2D eigenvalue weighted by Gasteiger charge is 2.68. The molecule has 1 heterocycles. The van der Waals surface area contributed by atoms with Gasteiger partial charge in [-0.05, 0) is 55.3 Å². The molecule has 2 unspecified atom stereocenters. The maximum atomic E-state index is 13.3. The molecular weight excluding hydrogens is 440 g/mol. The SMILES string of the molecule is C=C1CC23CC[C@@H]4C(C)(CO[C@@H]5O[C@H](CO)[C@@H](O)[C@H](O)[C@H]5O)C(=O)CC[C@@]4(C)[C@@H]2C[C@@H]1CC3=O. The second-order valence-electron chi connectivity index (χ2n) is 12.0. The van der Waals surface area contributed by atoms with Crippen molar-refractivity contribution in [3.05, 3.63) is 12.2 Å². The minimum atomic E-state index is -1.53. The summed E-state index contributed by atoms with van der Waals surface area (Å²) in [7, 11) is 0. The highest BCUT2D eigenvalue weighted by Crippen LogP contribution is 2.70. The molecule has 4 N–H and O–H groups in total. The van der Waals surface area contributed by atoms with Crippen molar-refractivity contribution in [2.45, 2.75) is 89.5 Å². The molecule has 190 valence electrons. The van der Waals surface area contributed by atoms with Gasteiger partial charge in [0.2, 0.25) is 0 Å². The largest absolute Gasteiger partial charge is 0.394 e. The minimum Gasteiger partial charge on any atom is -0.394 e. The average molecular weight is 479 g/mol. The summed E-state index contributed by atoms with van der Waals surface area (Å²) in [5, 5.41) is 40.0. The zero-order chi connectivity index (χ0) is 24.6. The van der Waals surface area contributed by atoms with E-state index < -0.39 is 42.7 Å². The molecule has 1 spiro atoms. The number of aliphatic hydroxyl groups excluding tert-OH is 4. The van der Waals surface area contributed by atoms with Crippen LogP contribution in [0.3, 0.4) is 0 Å². The number of rotatable bonds is 4. The molecule has 0 aromatic rings. The Labute approximate surface area is 200 Å². The van der Waals surface area contributed by atoms with Gasteiger partial charge < -0.3 is 29.9 Å². The lowest BCUT2D eigenvalue weighted by atomic mass is 9.36. The Hall–Kier alpha value is -1.16. The number of fused-ring (bicyclic) bond motifs is 3. The van der Waals surface area contributed by atoms with Gasteiger partial charge >= 0.3 is 0 Å². The number of hydrogen-bond acceptors (Lipinski definition) is 8. The van der Waals surface area contributed by atoms with E-state index in [-0.39, 0.29) is 41.0 Å². The van der Waals surface area contributed by atoms with Crippen LogP contribution in [0.5, 0.6) is 0 Å². The predicted molar refractivity (Wildman–Crippen MR) is 120 cm³/mol. The van der Waals surface area contributed by atoms with Crippen LogP contribution < -0.4 is 0 Å². The standard InChI is InChI=1S/C26H38O8/c1-13-10-26-7-4-16-24(2,17(26)8-14(13)9-19(26)29)6-5-18(28)25(16,3)12-33-23-22(32)21(31)20(30)15(11-27)34-23/h14-17,20-23,27,30-32H,1,4-12H2,2-3H3/t14-,15-,16+,17+,20-,21+,22-,23-,24-,25?,26?/m1/s1. The van der Waals surface area contributed by atoms with Crippen LogP contribution in [0.4, 0.5) is 0 Å². The Morgan fingerprint density at radius 2 is 1.79 bits per heavy atom. The smallest absolute Gasteiger partial charge is 0.186 e. The topological polar surface area (TPSA) is 134 Å². The number of ketones is 2. The van der Waals surface area contributed by atoms with Crippen LogP contribution in [-0.4, -0.2) is 75.9 Å². The van der Waals surface area contributed by atoms with Crippen molar-refractivity contribution in [1.29, 1.82) is 0 Å². The van der Waals surface area contributed by atoms with Crippen LogP contribution in [0.2, 0.25) is 0 Å². The molecule has 6 rings (SSSR count). The molecule has 5 saturated carbocycles. The van der Waals surface area contributed by atoms with Gasteiger partial charge in [0.15, 0.2) is 6.29 Å². The van der Waals surface area contributed by atoms with E-state index in [1.807, 2.05) is 6.92 Å². The van der Waals surface area contributed by atoms with Crippen molar-refractivity contribution in [2.24, 2.45) is 34.0 Å². The molecule has 6 fully saturated rings. The fraction of sp³-hybridized carbons (Fsp3) is 0.846. The summed E-state index contributed by atoms with van der Waals surface area (Å²) in [6, 6.07) is 0. The van der Waals surface area contributed by atoms with Gasteiger partial charge in [-0.2, -0.15) is 0 Å². The third kappa shape index (κ3) is 3.26. The molecule has 2 bridgehead atoms. The average Bonchev–Trinajstić information content (AvgIpc) is 2.80. The van der Waals surface area contributed by atoms with Crippen molar-refractivity contribution in [3.63, 3.8) is 0 Å². The number of hydrogen-bond donors (Lipinski definition) is 4. The maximum Gasteiger partial charge on any atom is 0.186 e. The third-order valence-electron chi connectivity index (χ3n) is 10.5. The predicted octanol–water partition coefficient (Wildman–Crippen LogP) is 1.13. The third-order valence-corrected chi connectivity index (χ3v) is 10.5. The zero-order valence-corrected chi connectivity index (χ0v) is 20.1. The summed E-state index contributed by atoms with van der Waals surface area (Å²) in [6.07, 6.45) is -1.81. The highest BCUT2D eigenvalue weighted by molar-refractivity contribution is 5.90. The van der Waals surface area contributed by atoms with Crippen molar-refractivity contribution in [2.75, 3.05) is 13.2 Å². The van der Waals surface area contributed by atoms with E-state index in [0.29, 0.717) is 18.6 Å². The maximum absolute atomic E-state index is 13.3. The molecule has 0 amide bonds. The fourth-order valence-electron chi connectivity index (χ4n) is 8.47. The number of allylic oxidation sites excluding steroid dienone is 1. The quantitative estimate of drug-likeness (QED) is 0.442. The Kier molecular flexibility index (Phi) is 5.90. The molecule has 5 aliphatic carbocycles. The zero-order valence-electron chi connectivity index (χ0n) is 20.1. The molecule has 0 aromatic heterocycles. The molecule has 1 saturated heterocycles. The molecule has 6 aliphatic rings. The Balaban J connectivity index is 1.39. The minimum absolute atomic E-state index is 0.00140. The first-order chi connectivity index (χ1) is 16.0. The second-order valence-corrected chi connectivity index (χ2v) is 12.0. The van der Waals surface area contributed by atoms with Gasteiger partial charge in [0.1, 0.15) is 36.0 Å². The van der Waals surface area contributed by atoms with Gasteiger partial charge in [-0.1, -0.05) is 26.0 Å². The lowest BCUT2D eigenvalue weighted by Gasteiger charge is -2.66. The summed E-state index contributed by atoms with van der Waals surface area (Å²) in [4.78, 5) is 26.6. The molecule has 8 heteroatoms. The van der Waals surface area contributed by atoms with E-state index in [0.717, 1.165) is 32.1 Å². The van der Waals surface area contributed by atoms with E-state index in [2.05, 4.69) is 13.5 Å². The van der Waals surface area contributed by atoms with E-state index in [4.69, 9.17) is 9.47 Å². The van der Waals surface area contributed by atoms with Crippen LogP contribution in [0.25, 0.3) is 0 Å². The summed E-state index contributed by atoms with van der Waals surface area (Å²) < 4.78 is 11.4. The van der Waals surface area contributed by atoms with Gasteiger partial charge in [0, 0.05) is 18.3 Å². The van der Waals surface area contributed by atoms with Crippen LogP contribution >= 0.6 is 0 Å². The van der Waals surface area contributed by atoms with Crippen LogP contribution in [-0.2, 0) is 19.1 Å². The number of ether oxygens (including phenoxy) is 2. The first-order valence-electron chi connectivity index (χ1n) is 12.6. The first-order valence-corrected chi connectivity index (χ1v) is 12.6. The van der Waals surface area contributed by atoms with Gasteiger partial charge in [-0.25, -0.2) is 0 Å². The van der Waals surface area contributed by atoms with Crippen molar-refractivity contribution >= 4 is 11.6 Å². The van der Waals surface area contributed by atoms with Gasteiger partial charge in [-0.15, -0.1) is 0 Å². The summed E-state index contributed by atoms with van der Waals surface area (Å²) >= 11 is 0. The lowest BCUT2D eigenvalue weighted by Crippen LogP contribution is -2.65. The first kappa shape index (κ1) is 24.5. The highest BCUT2D eigenvalue weighted by atomic mass is 16.7. The van der Waals surface area contributed by atoms with Gasteiger partial charge in [-0.3, -0.25) is 9.59 Å². The van der Waals surface area contributed by atoms with E-state index in [9.17, 15) is 30.0 Å². The number of carbonyl (C=O) groups is 2. The number of Topliss-reactive ketones (excluding diaryl/α,β-unsaturated/α-hetero) is 2. The second kappa shape index (κ2) is 8.18. The Morgan fingerprint density at radius 1 is 1.06 bits per heavy atom. The van der Waals surface area contributed by atoms with E-state index in [1.54, 1.807) is 0 Å². The Bertz CT molecular complexity index is 886. The van der Waals surface area contributed by atoms with Crippen molar-refractivity contribution in [1.82, 2.24) is 0 Å². The summed E-state index contributed by atoms with van der Waals surface area (Å²) in [5.41, 5.74) is -0.159. The molecule has 0 radical (unpaired) electrons. The van der Waals surface area contributed by atoms with Gasteiger partial charge in [0.05, 0.1) is 18.6 Å². The van der Waals surface area contributed by atoms with Crippen LogP contribution in [0, 0.1) is 34.0 Å². The molecule has 34 heavy (non-hydrogen) atoms. The fourth-order valence-corrected chi connectivity index (χ4v) is 8.47. The van der Waals surface area contributed by atoms with Gasteiger partial charge in [0.25, 0.3) is 0 Å². The van der Waals surface area contributed by atoms with E-state index in [1.165, 1.54) is 5.57 Å². The van der Waals surface area contributed by atoms with Crippen LogP contribution in [0.1, 0.15) is 58.8 Å². The molecule has 8 nitrogen and oxygen atoms in total. The normalized spacial score (nSPS) is 52.9. The van der Waals surface area contributed by atoms with E-state index >= 15 is 0 Å². The molecular formula is C26H38O8. The molecule has 0 aromatic carbocycles. The summed E-state index contributed by atoms with van der Waals surface area (Å²) in [5.74, 6) is 0.950. The molecule has 1 aliphatic heterocycles. The number of aliphatic hydroxyl groups is 4. The summed E-state index contributed by atoms with van der Waals surface area (Å²) in [6.45, 7) is 7.91. The lowest BCUT2D eigenvalue weighted by molar-refractivity contribution is -0.308. The Morgan fingerprint density at radius 3 is 2.50 bits per heavy atom. The van der Waals surface area contributed by atoms with Crippen LogP contribution in [0.15, 0.2) is 12.2 Å². The van der Waals surface area contributed by atoms with Crippen molar-refractivity contribution in [3.8, 4) is 0 Å². The van der Waals surface area contributed by atoms with Crippen molar-refractivity contribution < 1.29 is 39.5 Å². The number of carbonyl (C=O) groups excluding carboxylic acids is 2. The molecule has 11 atom stereocenters. The monoisotopic (exact) mass is 478 g/mol.